The standard InChI is InChI=1S/C23H36Cl3FO3/c1-13-6-9-22(29,19(28)30-12-23(24,25)26)21(5)8-7-15-14(2)10-18(27)17(11-16(13)21)20(15,3)4/h13-18,29H,6-12H2,1-5H3/t13-,14-,15+,16-,17-,18?,21+,22?/m1/s1. The Hall–Kier alpha value is 0.230. The van der Waals surface area contributed by atoms with Gasteiger partial charge in [-0.25, -0.2) is 9.18 Å². The van der Waals surface area contributed by atoms with Crippen LogP contribution in [0.15, 0.2) is 0 Å². The number of carbonyl (C=O) groups is 1. The highest BCUT2D eigenvalue weighted by atomic mass is 35.6. The first-order chi connectivity index (χ1) is 13.6. The van der Waals surface area contributed by atoms with Crippen LogP contribution in [0.2, 0.25) is 0 Å². The molecule has 0 aliphatic heterocycles. The highest BCUT2D eigenvalue weighted by molar-refractivity contribution is 6.67. The van der Waals surface area contributed by atoms with Gasteiger partial charge in [0.1, 0.15) is 12.8 Å². The Balaban J connectivity index is 1.97. The topological polar surface area (TPSA) is 46.5 Å². The van der Waals surface area contributed by atoms with E-state index in [4.69, 9.17) is 39.5 Å². The summed E-state index contributed by atoms with van der Waals surface area (Å²) >= 11 is 17.3. The van der Waals surface area contributed by atoms with Crippen LogP contribution in [-0.4, -0.2) is 33.2 Å². The summed E-state index contributed by atoms with van der Waals surface area (Å²) in [6, 6.07) is 0. The second-order valence-electron chi connectivity index (χ2n) is 11.1. The number of hydrogen-bond acceptors (Lipinski definition) is 3. The molecule has 8 atom stereocenters. The second-order valence-corrected chi connectivity index (χ2v) is 13.6. The minimum atomic E-state index is -1.73. The van der Waals surface area contributed by atoms with Gasteiger partial charge in [0, 0.05) is 5.41 Å². The Morgan fingerprint density at radius 3 is 2.27 bits per heavy atom. The first-order valence-corrected chi connectivity index (χ1v) is 12.4. The van der Waals surface area contributed by atoms with Gasteiger partial charge in [0.15, 0.2) is 5.60 Å². The van der Waals surface area contributed by atoms with Gasteiger partial charge in [0.25, 0.3) is 0 Å². The van der Waals surface area contributed by atoms with Crippen molar-refractivity contribution in [2.75, 3.05) is 6.61 Å². The minimum absolute atomic E-state index is 0.0217. The molecular weight excluding hydrogens is 450 g/mol. The number of carbonyl (C=O) groups excluding carboxylic acids is 1. The maximum Gasteiger partial charge on any atom is 0.338 e. The molecule has 0 spiro atoms. The predicted octanol–water partition coefficient (Wildman–Crippen LogP) is 6.50. The van der Waals surface area contributed by atoms with Gasteiger partial charge in [0.2, 0.25) is 3.79 Å². The molecule has 0 saturated heterocycles. The molecule has 7 heteroatoms. The quantitative estimate of drug-likeness (QED) is 0.358. The molecule has 2 unspecified atom stereocenters. The molecule has 0 aromatic rings. The van der Waals surface area contributed by atoms with Crippen LogP contribution in [0.4, 0.5) is 4.39 Å². The van der Waals surface area contributed by atoms with Gasteiger partial charge in [0.05, 0.1) is 0 Å². The van der Waals surface area contributed by atoms with E-state index in [1.807, 2.05) is 6.92 Å². The minimum Gasteiger partial charge on any atom is -0.459 e. The summed E-state index contributed by atoms with van der Waals surface area (Å²) in [5.41, 5.74) is -2.48. The average molecular weight is 486 g/mol. The number of alkyl halides is 4. The Labute approximate surface area is 195 Å². The molecule has 30 heavy (non-hydrogen) atoms. The summed E-state index contributed by atoms with van der Waals surface area (Å²) in [6.45, 7) is 10.3. The summed E-state index contributed by atoms with van der Waals surface area (Å²) in [7, 11) is 0. The summed E-state index contributed by atoms with van der Waals surface area (Å²) in [4.78, 5) is 13.1. The third-order valence-corrected chi connectivity index (χ3v) is 9.56. The lowest BCUT2D eigenvalue weighted by Gasteiger charge is -2.60. The second kappa shape index (κ2) is 8.22. The van der Waals surface area contributed by atoms with Crippen molar-refractivity contribution in [3.63, 3.8) is 0 Å². The fraction of sp³-hybridized carbons (Fsp3) is 0.957. The third kappa shape index (κ3) is 4.13. The number of rotatable bonds is 2. The van der Waals surface area contributed by atoms with Crippen LogP contribution in [0.1, 0.15) is 73.1 Å². The van der Waals surface area contributed by atoms with E-state index in [1.165, 1.54) is 0 Å². The van der Waals surface area contributed by atoms with E-state index in [1.54, 1.807) is 0 Å². The number of hydrogen-bond donors (Lipinski definition) is 1. The van der Waals surface area contributed by atoms with Crippen LogP contribution in [-0.2, 0) is 9.53 Å². The van der Waals surface area contributed by atoms with E-state index < -0.39 is 33.6 Å². The Bertz CT molecular complexity index is 667. The van der Waals surface area contributed by atoms with Crippen LogP contribution < -0.4 is 0 Å². The van der Waals surface area contributed by atoms with Gasteiger partial charge >= 0.3 is 5.97 Å². The number of halogens is 4. The molecule has 0 amide bonds. The van der Waals surface area contributed by atoms with Gasteiger partial charge in [-0.15, -0.1) is 0 Å². The van der Waals surface area contributed by atoms with E-state index >= 15 is 4.39 Å². The van der Waals surface area contributed by atoms with Crippen LogP contribution >= 0.6 is 34.8 Å². The van der Waals surface area contributed by atoms with Gasteiger partial charge in [-0.05, 0) is 73.5 Å². The summed E-state index contributed by atoms with van der Waals surface area (Å²) in [5, 5.41) is 11.8. The molecule has 0 aromatic carbocycles. The Kier molecular flexibility index (Phi) is 6.81. The molecular formula is C23H36Cl3FO3. The molecule has 0 radical (unpaired) electrons. The van der Waals surface area contributed by atoms with E-state index in [-0.39, 0.29) is 29.1 Å². The van der Waals surface area contributed by atoms with E-state index in [9.17, 15) is 9.90 Å². The maximum absolute atomic E-state index is 15.3. The van der Waals surface area contributed by atoms with Gasteiger partial charge in [-0.1, -0.05) is 69.4 Å². The maximum atomic E-state index is 15.3. The lowest BCUT2D eigenvalue weighted by Crippen LogP contribution is -2.63. The number of esters is 1. The normalized spacial score (nSPS) is 46.3. The molecule has 2 bridgehead atoms. The molecule has 3 aliphatic carbocycles. The smallest absolute Gasteiger partial charge is 0.338 e. The molecule has 0 heterocycles. The summed E-state index contributed by atoms with van der Waals surface area (Å²) in [5.74, 6) is 0.139. The Morgan fingerprint density at radius 2 is 1.67 bits per heavy atom. The molecule has 3 aliphatic rings. The number of aliphatic hydroxyl groups is 1. The molecule has 3 saturated carbocycles. The van der Waals surface area contributed by atoms with E-state index in [2.05, 4.69) is 27.7 Å². The van der Waals surface area contributed by atoms with Crippen LogP contribution in [0.5, 0.6) is 0 Å². The number of ether oxygens (including phenoxy) is 1. The third-order valence-electron chi connectivity index (χ3n) is 9.23. The lowest BCUT2D eigenvalue weighted by molar-refractivity contribution is -0.213. The molecule has 3 fully saturated rings. The highest BCUT2D eigenvalue weighted by Crippen LogP contribution is 2.63. The zero-order valence-electron chi connectivity index (χ0n) is 18.7. The van der Waals surface area contributed by atoms with E-state index in [0.29, 0.717) is 38.0 Å². The number of fused-ring (bicyclic) bond motifs is 3. The van der Waals surface area contributed by atoms with Gasteiger partial charge in [-0.3, -0.25) is 0 Å². The zero-order chi connectivity index (χ0) is 22.7. The van der Waals surface area contributed by atoms with Crippen LogP contribution in [0.3, 0.4) is 0 Å². The van der Waals surface area contributed by atoms with Crippen molar-refractivity contribution in [3.05, 3.63) is 0 Å². The van der Waals surface area contributed by atoms with Crippen molar-refractivity contribution >= 4 is 40.8 Å². The summed E-state index contributed by atoms with van der Waals surface area (Å²) in [6.07, 6.45) is 2.98. The molecule has 3 nitrogen and oxygen atoms in total. The monoisotopic (exact) mass is 484 g/mol. The molecule has 0 aromatic heterocycles. The first-order valence-electron chi connectivity index (χ1n) is 11.2. The van der Waals surface area contributed by atoms with E-state index in [0.717, 1.165) is 6.42 Å². The molecule has 174 valence electrons. The molecule has 3 rings (SSSR count). The molecule has 1 N–H and O–H groups in total. The van der Waals surface area contributed by atoms with Crippen molar-refractivity contribution in [1.82, 2.24) is 0 Å². The van der Waals surface area contributed by atoms with Crippen LogP contribution in [0.25, 0.3) is 0 Å². The Morgan fingerprint density at radius 1 is 1.03 bits per heavy atom. The SMILES string of the molecule is C[C@@H]1CCC(O)(C(=O)OCC(Cl)(Cl)Cl)[C@@]2(C)CC[C@H]3[C@H](C)CC(F)[C@@H](C[C@H]12)C3(C)C. The largest absolute Gasteiger partial charge is 0.459 e. The lowest BCUT2D eigenvalue weighted by atomic mass is 9.45. The fourth-order valence-corrected chi connectivity index (χ4v) is 7.50. The fourth-order valence-electron chi connectivity index (χ4n) is 7.34. The van der Waals surface area contributed by atoms with Crippen molar-refractivity contribution in [2.24, 2.45) is 40.4 Å². The first kappa shape index (κ1) is 24.9. The highest BCUT2D eigenvalue weighted by Gasteiger charge is 2.63. The van der Waals surface area contributed by atoms with Gasteiger partial charge < -0.3 is 9.84 Å². The average Bonchev–Trinajstić information content (AvgIpc) is 2.60. The zero-order valence-corrected chi connectivity index (χ0v) is 21.0. The summed E-state index contributed by atoms with van der Waals surface area (Å²) < 4.78 is 18.9. The van der Waals surface area contributed by atoms with Crippen molar-refractivity contribution in [1.29, 1.82) is 0 Å². The van der Waals surface area contributed by atoms with Gasteiger partial charge in [-0.2, -0.15) is 0 Å². The van der Waals surface area contributed by atoms with Crippen molar-refractivity contribution in [3.8, 4) is 0 Å². The van der Waals surface area contributed by atoms with Crippen molar-refractivity contribution in [2.45, 2.75) is 88.7 Å². The van der Waals surface area contributed by atoms with Crippen LogP contribution in [0, 0.1) is 40.4 Å². The predicted molar refractivity (Wildman–Crippen MR) is 119 cm³/mol. The van der Waals surface area contributed by atoms with Crippen molar-refractivity contribution < 1.29 is 19.0 Å².